The topological polar surface area (TPSA) is 82.3 Å². The first-order valence-corrected chi connectivity index (χ1v) is 7.91. The smallest absolute Gasteiger partial charge is 0.256 e. The standard InChI is InChI=1S/C19H18N2O3/c20-13-14-3-7-16(8-4-14)24-17-9-5-15(6-10-17)21-18(22)19(23)11-1-2-12-19/h3-10,23H,1-2,11-12H2,(H,21,22). The van der Waals surface area contributed by atoms with Gasteiger partial charge in [0, 0.05) is 5.69 Å². The van der Waals surface area contributed by atoms with Crippen molar-refractivity contribution in [2.45, 2.75) is 31.3 Å². The zero-order chi connectivity index (χ0) is 17.0. The van der Waals surface area contributed by atoms with E-state index >= 15 is 0 Å². The molecule has 5 nitrogen and oxygen atoms in total. The maximum Gasteiger partial charge on any atom is 0.256 e. The van der Waals surface area contributed by atoms with Gasteiger partial charge < -0.3 is 15.2 Å². The fourth-order valence-corrected chi connectivity index (χ4v) is 2.77. The number of hydrogen-bond acceptors (Lipinski definition) is 4. The molecule has 1 fully saturated rings. The highest BCUT2D eigenvalue weighted by Crippen LogP contribution is 2.31. The monoisotopic (exact) mass is 322 g/mol. The first-order chi connectivity index (χ1) is 11.6. The maximum absolute atomic E-state index is 12.2. The molecule has 0 aromatic heterocycles. The second-order valence-electron chi connectivity index (χ2n) is 5.96. The second kappa shape index (κ2) is 6.73. The summed E-state index contributed by atoms with van der Waals surface area (Å²) in [5, 5.41) is 21.8. The van der Waals surface area contributed by atoms with Gasteiger partial charge in [0.2, 0.25) is 0 Å². The van der Waals surface area contributed by atoms with Gasteiger partial charge in [-0.1, -0.05) is 0 Å². The Kier molecular flexibility index (Phi) is 4.50. The molecule has 5 heteroatoms. The summed E-state index contributed by atoms with van der Waals surface area (Å²) >= 11 is 0. The molecule has 24 heavy (non-hydrogen) atoms. The number of anilines is 1. The van der Waals surface area contributed by atoms with Gasteiger partial charge in [0.15, 0.2) is 0 Å². The first-order valence-electron chi connectivity index (χ1n) is 7.91. The molecule has 2 aromatic rings. The Morgan fingerprint density at radius 3 is 2.12 bits per heavy atom. The van der Waals surface area contributed by atoms with Crippen molar-refractivity contribution in [1.82, 2.24) is 0 Å². The van der Waals surface area contributed by atoms with Crippen LogP contribution in [0.15, 0.2) is 48.5 Å². The van der Waals surface area contributed by atoms with Crippen LogP contribution in [0.5, 0.6) is 11.5 Å². The number of nitrogens with zero attached hydrogens (tertiary/aromatic N) is 1. The van der Waals surface area contributed by atoms with Gasteiger partial charge in [-0.15, -0.1) is 0 Å². The summed E-state index contributed by atoms with van der Waals surface area (Å²) in [4.78, 5) is 12.2. The molecule has 0 spiro atoms. The summed E-state index contributed by atoms with van der Waals surface area (Å²) in [5.74, 6) is 0.907. The number of ether oxygens (including phenoxy) is 1. The van der Waals surface area contributed by atoms with Crippen molar-refractivity contribution in [2.24, 2.45) is 0 Å². The molecule has 0 saturated heterocycles. The Balaban J connectivity index is 1.62. The van der Waals surface area contributed by atoms with E-state index in [2.05, 4.69) is 11.4 Å². The van der Waals surface area contributed by atoms with Crippen molar-refractivity contribution in [3.05, 3.63) is 54.1 Å². The average Bonchev–Trinajstić information content (AvgIpc) is 3.05. The Hall–Kier alpha value is -2.84. The Morgan fingerprint density at radius 2 is 1.58 bits per heavy atom. The van der Waals surface area contributed by atoms with Gasteiger partial charge in [-0.05, 0) is 74.2 Å². The van der Waals surface area contributed by atoms with E-state index in [1.165, 1.54) is 0 Å². The van der Waals surface area contributed by atoms with Crippen molar-refractivity contribution in [1.29, 1.82) is 5.26 Å². The molecule has 0 heterocycles. The SMILES string of the molecule is N#Cc1ccc(Oc2ccc(NC(=O)C3(O)CCCC3)cc2)cc1. The third kappa shape index (κ3) is 3.55. The maximum atomic E-state index is 12.2. The number of benzene rings is 2. The largest absolute Gasteiger partial charge is 0.457 e. The highest BCUT2D eigenvalue weighted by molar-refractivity contribution is 5.97. The lowest BCUT2D eigenvalue weighted by atomic mass is 10.0. The van der Waals surface area contributed by atoms with Crippen LogP contribution in [0.4, 0.5) is 5.69 Å². The first kappa shape index (κ1) is 16.0. The molecular weight excluding hydrogens is 304 g/mol. The molecule has 3 rings (SSSR count). The van der Waals surface area contributed by atoms with Crippen molar-refractivity contribution in [3.8, 4) is 17.6 Å². The number of amides is 1. The van der Waals surface area contributed by atoms with E-state index in [1.807, 2.05) is 0 Å². The predicted molar refractivity (Wildman–Crippen MR) is 89.7 cm³/mol. The molecule has 1 aliphatic rings. The molecule has 0 atom stereocenters. The Morgan fingerprint density at radius 1 is 1.04 bits per heavy atom. The summed E-state index contributed by atoms with van der Waals surface area (Å²) in [6, 6.07) is 15.8. The third-order valence-corrected chi connectivity index (χ3v) is 4.18. The zero-order valence-corrected chi connectivity index (χ0v) is 13.2. The minimum Gasteiger partial charge on any atom is -0.457 e. The number of aliphatic hydroxyl groups is 1. The van der Waals surface area contributed by atoms with Crippen LogP contribution in [0.2, 0.25) is 0 Å². The van der Waals surface area contributed by atoms with E-state index in [1.54, 1.807) is 48.5 Å². The normalized spacial score (nSPS) is 15.5. The van der Waals surface area contributed by atoms with Gasteiger partial charge in [0.1, 0.15) is 17.1 Å². The minimum atomic E-state index is -1.24. The van der Waals surface area contributed by atoms with Crippen LogP contribution in [0.1, 0.15) is 31.2 Å². The summed E-state index contributed by atoms with van der Waals surface area (Å²) < 4.78 is 5.69. The molecule has 0 aliphatic heterocycles. The van der Waals surface area contributed by atoms with Crippen LogP contribution in [-0.2, 0) is 4.79 Å². The summed E-state index contributed by atoms with van der Waals surface area (Å²) in [6.07, 6.45) is 2.78. The van der Waals surface area contributed by atoms with Gasteiger partial charge in [-0.3, -0.25) is 4.79 Å². The van der Waals surface area contributed by atoms with E-state index in [4.69, 9.17) is 10.00 Å². The number of nitrogens with one attached hydrogen (secondary N) is 1. The lowest BCUT2D eigenvalue weighted by Gasteiger charge is -2.21. The lowest BCUT2D eigenvalue weighted by Crippen LogP contribution is -2.40. The van der Waals surface area contributed by atoms with Gasteiger partial charge in [0.25, 0.3) is 5.91 Å². The van der Waals surface area contributed by atoms with Crippen molar-refractivity contribution in [3.63, 3.8) is 0 Å². The third-order valence-electron chi connectivity index (χ3n) is 4.18. The molecular formula is C19H18N2O3. The number of carbonyl (C=O) groups is 1. The lowest BCUT2D eigenvalue weighted by molar-refractivity contribution is -0.133. The molecule has 0 unspecified atom stereocenters. The minimum absolute atomic E-state index is 0.347. The number of nitriles is 1. The van der Waals surface area contributed by atoms with Gasteiger partial charge in [0.05, 0.1) is 11.6 Å². The van der Waals surface area contributed by atoms with Crippen LogP contribution in [-0.4, -0.2) is 16.6 Å². The van der Waals surface area contributed by atoms with Crippen LogP contribution < -0.4 is 10.1 Å². The molecule has 2 aromatic carbocycles. The molecule has 1 amide bonds. The van der Waals surface area contributed by atoms with Crippen LogP contribution in [0.3, 0.4) is 0 Å². The number of rotatable bonds is 4. The van der Waals surface area contributed by atoms with Crippen molar-refractivity contribution in [2.75, 3.05) is 5.32 Å². The summed E-state index contributed by atoms with van der Waals surface area (Å²) in [6.45, 7) is 0. The second-order valence-corrected chi connectivity index (χ2v) is 5.96. The van der Waals surface area contributed by atoms with E-state index < -0.39 is 5.60 Å². The van der Waals surface area contributed by atoms with Crippen LogP contribution in [0.25, 0.3) is 0 Å². The van der Waals surface area contributed by atoms with Crippen LogP contribution in [0, 0.1) is 11.3 Å². The Labute approximate surface area is 140 Å². The van der Waals surface area contributed by atoms with Gasteiger partial charge in [-0.25, -0.2) is 0 Å². The fraction of sp³-hybridized carbons (Fsp3) is 0.263. The van der Waals surface area contributed by atoms with Gasteiger partial charge >= 0.3 is 0 Å². The van der Waals surface area contributed by atoms with Gasteiger partial charge in [-0.2, -0.15) is 5.26 Å². The van der Waals surface area contributed by atoms with E-state index in [-0.39, 0.29) is 5.91 Å². The number of carbonyl (C=O) groups excluding carboxylic acids is 1. The summed E-state index contributed by atoms with van der Waals surface area (Å²) in [5.41, 5.74) is -0.0461. The van der Waals surface area contributed by atoms with E-state index in [0.29, 0.717) is 35.6 Å². The summed E-state index contributed by atoms with van der Waals surface area (Å²) in [7, 11) is 0. The highest BCUT2D eigenvalue weighted by Gasteiger charge is 2.38. The molecule has 1 saturated carbocycles. The molecule has 122 valence electrons. The zero-order valence-electron chi connectivity index (χ0n) is 13.2. The van der Waals surface area contributed by atoms with E-state index in [0.717, 1.165) is 12.8 Å². The van der Waals surface area contributed by atoms with Crippen LogP contribution >= 0.6 is 0 Å². The fourth-order valence-electron chi connectivity index (χ4n) is 2.77. The van der Waals surface area contributed by atoms with E-state index in [9.17, 15) is 9.90 Å². The molecule has 0 bridgehead atoms. The molecule has 1 aliphatic carbocycles. The van der Waals surface area contributed by atoms with Crippen molar-refractivity contribution < 1.29 is 14.6 Å². The molecule has 0 radical (unpaired) electrons. The Bertz CT molecular complexity index is 755. The quantitative estimate of drug-likeness (QED) is 0.901. The van der Waals surface area contributed by atoms with Crippen molar-refractivity contribution >= 4 is 11.6 Å². The predicted octanol–water partition coefficient (Wildman–Crippen LogP) is 3.59. The average molecular weight is 322 g/mol. The highest BCUT2D eigenvalue weighted by atomic mass is 16.5. The molecule has 2 N–H and O–H groups in total. The number of hydrogen-bond donors (Lipinski definition) is 2.